The van der Waals surface area contributed by atoms with Crippen molar-refractivity contribution in [3.63, 3.8) is 0 Å². The monoisotopic (exact) mass is 829 g/mol. The molecule has 5 atom stereocenters. The van der Waals surface area contributed by atoms with Crippen LogP contribution in [0, 0.1) is 17.8 Å². The highest BCUT2D eigenvalue weighted by Crippen LogP contribution is 2.11. The average Bonchev–Trinajstić information content (AvgIpc) is 3.14. The minimum atomic E-state index is -1.41. The van der Waals surface area contributed by atoms with Crippen LogP contribution in [0.25, 0.3) is 0 Å². The highest BCUT2D eigenvalue weighted by atomic mass is 16.4. The highest BCUT2D eigenvalue weighted by Gasteiger charge is 2.32. The average molecular weight is 830 g/mol. The number of rotatable bonds is 26. The Labute approximate surface area is 343 Å². The van der Waals surface area contributed by atoms with Crippen molar-refractivity contribution in [3.05, 3.63) is 48.0 Å². The molecule has 0 spiro atoms. The van der Waals surface area contributed by atoms with Crippen LogP contribution in [0.5, 0.6) is 0 Å². The molecule has 12 N–H and O–H groups in total. The van der Waals surface area contributed by atoms with Crippen molar-refractivity contribution < 1.29 is 53.1 Å². The van der Waals surface area contributed by atoms with Crippen LogP contribution in [0.15, 0.2) is 42.5 Å². The van der Waals surface area contributed by atoms with Crippen LogP contribution in [-0.2, 0) is 54.4 Å². The first-order chi connectivity index (χ1) is 27.6. The van der Waals surface area contributed by atoms with Crippen LogP contribution in [0.2, 0.25) is 0 Å². The predicted octanol–water partition coefficient (Wildman–Crippen LogP) is -1.97. The number of hydrogen-bond donors (Lipinski definition) is 10. The molecular weight excluding hydrogens is 770 g/mol. The number of hydrogen-bond acceptors (Lipinski definition) is 10. The van der Waals surface area contributed by atoms with E-state index in [4.69, 9.17) is 11.5 Å². The fraction of sp³-hybridized carbons (Fsp3) is 0.538. The Morgan fingerprint density at radius 1 is 0.610 bits per heavy atom. The van der Waals surface area contributed by atoms with Crippen molar-refractivity contribution in [2.45, 2.75) is 104 Å². The van der Waals surface area contributed by atoms with Gasteiger partial charge in [0.25, 0.3) is 0 Å². The lowest BCUT2D eigenvalue weighted by atomic mass is 9.98. The van der Waals surface area contributed by atoms with Gasteiger partial charge in [0.15, 0.2) is 0 Å². The van der Waals surface area contributed by atoms with Gasteiger partial charge in [0.05, 0.1) is 13.1 Å². The summed E-state index contributed by atoms with van der Waals surface area (Å²) in [5.74, 6) is -9.02. The van der Waals surface area contributed by atoms with Gasteiger partial charge < -0.3 is 53.8 Å². The van der Waals surface area contributed by atoms with E-state index in [1.165, 1.54) is 0 Å². The summed E-state index contributed by atoms with van der Waals surface area (Å²) in [6.07, 6.45) is 1.21. The topological polar surface area (TPSA) is 327 Å². The van der Waals surface area contributed by atoms with E-state index in [2.05, 4.69) is 37.2 Å². The van der Waals surface area contributed by atoms with Gasteiger partial charge in [-0.1, -0.05) is 71.9 Å². The summed E-state index contributed by atoms with van der Waals surface area (Å²) in [7, 11) is 0. The van der Waals surface area contributed by atoms with E-state index >= 15 is 0 Å². The molecule has 20 heteroatoms. The number of carboxylic acids is 1. The zero-order valence-electron chi connectivity index (χ0n) is 34.3. The smallest absolute Gasteiger partial charge is 0.326 e. The maximum absolute atomic E-state index is 13.6. The molecule has 59 heavy (non-hydrogen) atoms. The molecule has 0 heterocycles. The Bertz CT molecular complexity index is 1680. The molecule has 0 aliphatic rings. The number of carbonyl (C=O) groups excluding carboxylic acids is 9. The number of benzene rings is 1. The molecule has 0 saturated carbocycles. The second-order valence-electron chi connectivity index (χ2n) is 15.1. The third-order valence-electron chi connectivity index (χ3n) is 8.43. The normalized spacial score (nSPS) is 13.6. The first-order valence-corrected chi connectivity index (χ1v) is 19.2. The molecule has 5 unspecified atom stereocenters. The van der Waals surface area contributed by atoms with Gasteiger partial charge in [-0.05, 0) is 42.6 Å². The third-order valence-corrected chi connectivity index (χ3v) is 8.43. The van der Waals surface area contributed by atoms with E-state index in [9.17, 15) is 53.1 Å². The largest absolute Gasteiger partial charge is 0.480 e. The van der Waals surface area contributed by atoms with Crippen LogP contribution < -0.4 is 48.7 Å². The van der Waals surface area contributed by atoms with E-state index in [0.29, 0.717) is 5.56 Å². The zero-order valence-corrected chi connectivity index (χ0v) is 34.3. The van der Waals surface area contributed by atoms with E-state index < -0.39 is 102 Å². The van der Waals surface area contributed by atoms with Crippen LogP contribution in [-0.4, -0.2) is 108 Å². The van der Waals surface area contributed by atoms with Crippen molar-refractivity contribution in [1.82, 2.24) is 37.2 Å². The summed E-state index contributed by atoms with van der Waals surface area (Å²) >= 11 is 0. The molecular formula is C39H59N9O11. The number of carboxylic acid groups (broad SMARTS) is 1. The van der Waals surface area contributed by atoms with Gasteiger partial charge in [-0.2, -0.15) is 0 Å². The van der Waals surface area contributed by atoms with Crippen LogP contribution in [0.1, 0.15) is 72.8 Å². The number of nitrogens with one attached hydrogen (secondary N) is 7. The van der Waals surface area contributed by atoms with Gasteiger partial charge in [0, 0.05) is 25.0 Å². The van der Waals surface area contributed by atoms with Crippen molar-refractivity contribution >= 4 is 59.1 Å². The fourth-order valence-corrected chi connectivity index (χ4v) is 5.46. The van der Waals surface area contributed by atoms with Gasteiger partial charge in [-0.25, -0.2) is 4.79 Å². The predicted molar refractivity (Wildman–Crippen MR) is 214 cm³/mol. The maximum Gasteiger partial charge on any atom is 0.326 e. The van der Waals surface area contributed by atoms with Crippen molar-refractivity contribution in [1.29, 1.82) is 0 Å². The van der Waals surface area contributed by atoms with Gasteiger partial charge in [-0.15, -0.1) is 0 Å². The number of aliphatic carboxylic acids is 1. The zero-order chi connectivity index (χ0) is 44.8. The Balaban J connectivity index is 2.89. The second kappa shape index (κ2) is 25.8. The van der Waals surface area contributed by atoms with E-state index in [-0.39, 0.29) is 49.9 Å². The van der Waals surface area contributed by atoms with Crippen molar-refractivity contribution in [2.24, 2.45) is 29.2 Å². The number of nitrogens with two attached hydrogens (primary N) is 2. The molecule has 20 nitrogen and oxygen atoms in total. The second-order valence-corrected chi connectivity index (χ2v) is 15.1. The van der Waals surface area contributed by atoms with Crippen LogP contribution in [0.3, 0.4) is 0 Å². The lowest BCUT2D eigenvalue weighted by Crippen LogP contribution is -2.59. The van der Waals surface area contributed by atoms with Crippen molar-refractivity contribution in [2.75, 3.05) is 13.1 Å². The van der Waals surface area contributed by atoms with Crippen LogP contribution >= 0.6 is 0 Å². The molecule has 326 valence electrons. The number of carbonyl (C=O) groups is 10. The van der Waals surface area contributed by atoms with Gasteiger partial charge in [0.1, 0.15) is 30.2 Å². The lowest BCUT2D eigenvalue weighted by molar-refractivity contribution is -0.141. The maximum atomic E-state index is 13.6. The minimum Gasteiger partial charge on any atom is -0.480 e. The molecule has 1 rings (SSSR count). The molecule has 1 aromatic carbocycles. The standard InChI is InChI=1S/C39H59N9O11/c1-21(2)16-26(37(56)47-27(17-22(3)4)38(57)48-34(23(5)6)35(41)54)46-36(55)25(12-13-29(40)49)44-31(51)15-14-30(50)42-19-32(52)43-20-33(53)45-28(39(58)59)18-24-10-8-7-9-11-24/h7-11,14-15,21-23,25-28,34H,12-13,16-20H2,1-6H3,(H2,40,49)(H2,41,54)(H,42,50)(H,43,52)(H,44,51)(H,45,53)(H,46,55)(H,47,56)(H,48,57)(H,58,59). The van der Waals surface area contributed by atoms with Gasteiger partial charge in [0.2, 0.25) is 53.2 Å². The summed E-state index contributed by atoms with van der Waals surface area (Å²) in [5.41, 5.74) is 11.4. The third kappa shape index (κ3) is 21.1. The summed E-state index contributed by atoms with van der Waals surface area (Å²) in [6.45, 7) is 9.43. The summed E-state index contributed by atoms with van der Waals surface area (Å²) in [4.78, 5) is 125. The van der Waals surface area contributed by atoms with Crippen molar-refractivity contribution in [3.8, 4) is 0 Å². The molecule has 9 amide bonds. The first-order valence-electron chi connectivity index (χ1n) is 19.2. The Morgan fingerprint density at radius 3 is 1.61 bits per heavy atom. The molecule has 0 bridgehead atoms. The van der Waals surface area contributed by atoms with E-state index in [0.717, 1.165) is 12.2 Å². The quantitative estimate of drug-likeness (QED) is 0.0457. The molecule has 1 aromatic rings. The summed E-state index contributed by atoms with van der Waals surface area (Å²) in [6, 6.07) is 2.64. The highest BCUT2D eigenvalue weighted by molar-refractivity contribution is 6.00. The van der Waals surface area contributed by atoms with Gasteiger partial charge in [-0.3, -0.25) is 43.2 Å². The molecule has 0 radical (unpaired) electrons. The Morgan fingerprint density at radius 2 is 1.12 bits per heavy atom. The fourth-order valence-electron chi connectivity index (χ4n) is 5.46. The molecule has 0 aromatic heterocycles. The van der Waals surface area contributed by atoms with Gasteiger partial charge >= 0.3 is 5.97 Å². The Hall–Kier alpha value is -6.34. The minimum absolute atomic E-state index is 0.0132. The van der Waals surface area contributed by atoms with E-state index in [1.54, 1.807) is 58.0 Å². The summed E-state index contributed by atoms with van der Waals surface area (Å²) in [5, 5.41) is 26.4. The number of amides is 9. The SMILES string of the molecule is CC(C)CC(NC(=O)C(CCC(N)=O)NC(=O)C=CC(=O)NCC(=O)NCC(=O)NC(Cc1ccccc1)C(=O)O)C(=O)NC(CC(C)C)C(=O)NC(C(N)=O)C(C)C. The molecule has 0 aliphatic carbocycles. The number of primary amides is 2. The summed E-state index contributed by atoms with van der Waals surface area (Å²) < 4.78 is 0. The van der Waals surface area contributed by atoms with E-state index in [1.807, 2.05) is 13.8 Å². The molecule has 0 fully saturated rings. The lowest BCUT2D eigenvalue weighted by Gasteiger charge is -2.28. The van der Waals surface area contributed by atoms with Crippen LogP contribution in [0.4, 0.5) is 0 Å². The molecule has 0 aliphatic heterocycles. The molecule has 0 saturated heterocycles. The first kappa shape index (κ1) is 50.7. The Kier molecular flexibility index (Phi) is 22.2.